The number of hydrogen-bond acceptors (Lipinski definition) is 4. The third-order valence-corrected chi connectivity index (χ3v) is 4.25. The monoisotopic (exact) mass is 365 g/mol. The van der Waals surface area contributed by atoms with Gasteiger partial charge in [0, 0.05) is 13.5 Å². The minimum absolute atomic E-state index is 0.0250. The second kappa shape index (κ2) is 7.47. The van der Waals surface area contributed by atoms with Gasteiger partial charge < -0.3 is 4.74 Å². The summed E-state index contributed by atoms with van der Waals surface area (Å²) >= 11 is 0. The van der Waals surface area contributed by atoms with Crippen molar-refractivity contribution in [2.24, 2.45) is 0 Å². The Labute approximate surface area is 149 Å². The number of hydrogen-bond donors (Lipinski definition) is 0. The molecule has 1 fully saturated rings. The van der Waals surface area contributed by atoms with Crippen LogP contribution < -0.4 is 0 Å². The quantitative estimate of drug-likeness (QED) is 0.760. The first-order chi connectivity index (χ1) is 12.3. The van der Waals surface area contributed by atoms with Gasteiger partial charge in [0.05, 0.1) is 17.2 Å². The van der Waals surface area contributed by atoms with E-state index in [9.17, 15) is 18.0 Å². The summed E-state index contributed by atoms with van der Waals surface area (Å²) < 4.78 is 43.4. The maximum absolute atomic E-state index is 12.7. The maximum atomic E-state index is 12.7. The summed E-state index contributed by atoms with van der Waals surface area (Å²) in [5, 5.41) is 1.71. The Bertz CT molecular complexity index is 764. The Kier molecular flexibility index (Phi) is 5.29. The van der Waals surface area contributed by atoms with Crippen molar-refractivity contribution < 1.29 is 27.5 Å². The van der Waals surface area contributed by atoms with Crippen molar-refractivity contribution in [2.75, 3.05) is 13.7 Å². The number of alkyl halides is 3. The van der Waals surface area contributed by atoms with E-state index in [1.807, 2.05) is 30.3 Å². The summed E-state index contributed by atoms with van der Waals surface area (Å²) in [6.45, 7) is -0.0250. The molecule has 0 radical (unpaired) electrons. The molecule has 0 amide bonds. The molecule has 138 valence electrons. The molecule has 2 atom stereocenters. The zero-order chi connectivity index (χ0) is 18.7. The van der Waals surface area contributed by atoms with Crippen LogP contribution in [0.25, 0.3) is 0 Å². The molecule has 0 aromatic heterocycles. The number of carbonyl (C=O) groups is 1. The molecule has 2 aromatic rings. The summed E-state index contributed by atoms with van der Waals surface area (Å²) in [7, 11) is 1.80. The minimum Gasteiger partial charge on any atom is -0.459 e. The first kappa shape index (κ1) is 18.4. The molecule has 1 saturated heterocycles. The number of benzene rings is 2. The van der Waals surface area contributed by atoms with Crippen molar-refractivity contribution in [3.63, 3.8) is 0 Å². The highest BCUT2D eigenvalue weighted by Gasteiger charge is 2.33. The predicted molar refractivity (Wildman–Crippen MR) is 88.2 cm³/mol. The van der Waals surface area contributed by atoms with Gasteiger partial charge in [-0.05, 0) is 23.8 Å². The zero-order valence-electron chi connectivity index (χ0n) is 14.1. The Morgan fingerprint density at radius 3 is 2.62 bits per heavy atom. The number of esters is 1. The van der Waals surface area contributed by atoms with Gasteiger partial charge in [0.25, 0.3) is 0 Å². The molecule has 0 spiro atoms. The summed E-state index contributed by atoms with van der Waals surface area (Å²) in [4.78, 5) is 17.7. The van der Waals surface area contributed by atoms with Crippen LogP contribution in [0.15, 0.2) is 54.6 Å². The largest absolute Gasteiger partial charge is 0.459 e. The van der Waals surface area contributed by atoms with E-state index in [2.05, 4.69) is 0 Å². The van der Waals surface area contributed by atoms with E-state index in [1.165, 1.54) is 12.1 Å². The lowest BCUT2D eigenvalue weighted by atomic mass is 10.0. The first-order valence-electron chi connectivity index (χ1n) is 8.13. The lowest BCUT2D eigenvalue weighted by Crippen LogP contribution is -2.21. The van der Waals surface area contributed by atoms with Crippen LogP contribution in [0.3, 0.4) is 0 Å². The molecule has 1 aliphatic rings. The Morgan fingerprint density at radius 2 is 1.92 bits per heavy atom. The van der Waals surface area contributed by atoms with Gasteiger partial charge in [0.1, 0.15) is 12.7 Å². The molecule has 0 unspecified atom stereocenters. The molecular formula is C19H18F3NO3. The number of hydroxylamine groups is 2. The highest BCUT2D eigenvalue weighted by Crippen LogP contribution is 2.33. The van der Waals surface area contributed by atoms with Crippen molar-refractivity contribution in [3.8, 4) is 0 Å². The molecule has 0 bridgehead atoms. The number of ether oxygens (including phenoxy) is 1. The van der Waals surface area contributed by atoms with E-state index >= 15 is 0 Å². The standard InChI is InChI=1S/C19H18F3NO3/c1-23-17(13-6-3-2-4-7-13)11-16(26-23)12-25-18(24)14-8-5-9-15(10-14)19(20,21)22/h2-10,16-17H,11-12H2,1H3/t16-,17-/m1/s1. The minimum atomic E-state index is -4.50. The third-order valence-electron chi connectivity index (χ3n) is 4.25. The van der Waals surface area contributed by atoms with Gasteiger partial charge in [-0.2, -0.15) is 18.2 Å². The fourth-order valence-corrected chi connectivity index (χ4v) is 2.94. The number of carbonyl (C=O) groups excluding carboxylic acids is 1. The second-order valence-electron chi connectivity index (χ2n) is 6.11. The van der Waals surface area contributed by atoms with Crippen LogP contribution in [0.2, 0.25) is 0 Å². The van der Waals surface area contributed by atoms with Gasteiger partial charge in [0.15, 0.2) is 0 Å². The molecule has 7 heteroatoms. The van der Waals surface area contributed by atoms with Gasteiger partial charge in [-0.3, -0.25) is 4.84 Å². The number of rotatable bonds is 4. The fraction of sp³-hybridized carbons (Fsp3) is 0.316. The smallest absolute Gasteiger partial charge is 0.416 e. The molecule has 1 aliphatic heterocycles. The van der Waals surface area contributed by atoms with Crippen LogP contribution in [0, 0.1) is 0 Å². The maximum Gasteiger partial charge on any atom is 0.416 e. The predicted octanol–water partition coefficient (Wildman–Crippen LogP) is 4.24. The highest BCUT2D eigenvalue weighted by molar-refractivity contribution is 5.89. The molecular weight excluding hydrogens is 347 g/mol. The van der Waals surface area contributed by atoms with Crippen molar-refractivity contribution in [1.29, 1.82) is 0 Å². The lowest BCUT2D eigenvalue weighted by Gasteiger charge is -2.17. The van der Waals surface area contributed by atoms with Crippen LogP contribution in [-0.4, -0.2) is 30.8 Å². The molecule has 0 saturated carbocycles. The summed E-state index contributed by atoms with van der Waals surface area (Å²) in [6.07, 6.45) is -4.23. The van der Waals surface area contributed by atoms with Crippen LogP contribution in [0.5, 0.6) is 0 Å². The third kappa shape index (κ3) is 4.23. The van der Waals surface area contributed by atoms with Crippen LogP contribution in [0.1, 0.15) is 33.9 Å². The summed E-state index contributed by atoms with van der Waals surface area (Å²) in [6, 6.07) is 14.0. The van der Waals surface area contributed by atoms with E-state index < -0.39 is 17.7 Å². The second-order valence-corrected chi connectivity index (χ2v) is 6.11. The topological polar surface area (TPSA) is 38.8 Å². The van der Waals surface area contributed by atoms with Crippen molar-refractivity contribution >= 4 is 5.97 Å². The number of nitrogens with zero attached hydrogens (tertiary/aromatic N) is 1. The average Bonchev–Trinajstić information content (AvgIpc) is 3.00. The normalized spacial score (nSPS) is 20.9. The van der Waals surface area contributed by atoms with Gasteiger partial charge in [-0.15, -0.1) is 0 Å². The molecule has 4 nitrogen and oxygen atoms in total. The van der Waals surface area contributed by atoms with E-state index in [-0.39, 0.29) is 24.3 Å². The molecule has 3 rings (SSSR count). The summed E-state index contributed by atoms with van der Waals surface area (Å²) in [5.74, 6) is -0.800. The first-order valence-corrected chi connectivity index (χ1v) is 8.13. The molecule has 1 heterocycles. The van der Waals surface area contributed by atoms with Crippen LogP contribution in [0.4, 0.5) is 13.2 Å². The van der Waals surface area contributed by atoms with E-state index in [0.717, 1.165) is 17.7 Å². The van der Waals surface area contributed by atoms with Gasteiger partial charge in [-0.25, -0.2) is 4.79 Å². The van der Waals surface area contributed by atoms with E-state index in [0.29, 0.717) is 6.42 Å². The molecule has 26 heavy (non-hydrogen) atoms. The molecule has 2 aromatic carbocycles. The molecule has 0 aliphatic carbocycles. The van der Waals surface area contributed by atoms with Crippen molar-refractivity contribution in [2.45, 2.75) is 24.7 Å². The fourth-order valence-electron chi connectivity index (χ4n) is 2.94. The van der Waals surface area contributed by atoms with Gasteiger partial charge in [0.2, 0.25) is 0 Å². The van der Waals surface area contributed by atoms with Gasteiger partial charge >= 0.3 is 12.1 Å². The van der Waals surface area contributed by atoms with E-state index in [4.69, 9.17) is 9.57 Å². The zero-order valence-corrected chi connectivity index (χ0v) is 14.1. The Balaban J connectivity index is 1.59. The van der Waals surface area contributed by atoms with Crippen molar-refractivity contribution in [1.82, 2.24) is 5.06 Å². The van der Waals surface area contributed by atoms with Crippen molar-refractivity contribution in [3.05, 3.63) is 71.3 Å². The SMILES string of the molecule is CN1O[C@@H](COC(=O)c2cccc(C(F)(F)F)c2)C[C@@H]1c1ccccc1. The lowest BCUT2D eigenvalue weighted by molar-refractivity contribution is -0.153. The van der Waals surface area contributed by atoms with Gasteiger partial charge in [-0.1, -0.05) is 36.4 Å². The average molecular weight is 365 g/mol. The summed E-state index contributed by atoms with van der Waals surface area (Å²) in [5.41, 5.74) is 0.0698. The highest BCUT2D eigenvalue weighted by atomic mass is 19.4. The Hall–Kier alpha value is -2.38. The van der Waals surface area contributed by atoms with Crippen LogP contribution in [-0.2, 0) is 15.8 Å². The Morgan fingerprint density at radius 1 is 1.19 bits per heavy atom. The molecule has 0 N–H and O–H groups in total. The number of halogens is 3. The van der Waals surface area contributed by atoms with E-state index in [1.54, 1.807) is 12.1 Å². The van der Waals surface area contributed by atoms with Crippen LogP contribution >= 0.6 is 0 Å².